The van der Waals surface area contributed by atoms with Crippen LogP contribution in [0.5, 0.6) is 0 Å². The number of carbonyl (C=O) groups excluding carboxylic acids is 1. The molecule has 2 aromatic rings. The predicted octanol–water partition coefficient (Wildman–Crippen LogP) is 3.35. The molecule has 8 heteroatoms. The van der Waals surface area contributed by atoms with E-state index in [4.69, 9.17) is 0 Å². The molecule has 1 aromatic carbocycles. The van der Waals surface area contributed by atoms with Gasteiger partial charge in [0, 0.05) is 29.9 Å². The largest absolute Gasteiger partial charge is 0.349 e. The van der Waals surface area contributed by atoms with Gasteiger partial charge >= 0.3 is 0 Å². The molecule has 2 fully saturated rings. The summed E-state index contributed by atoms with van der Waals surface area (Å²) >= 11 is 0. The Morgan fingerprint density at radius 2 is 1.87 bits per heavy atom. The van der Waals surface area contributed by atoms with Crippen molar-refractivity contribution in [2.24, 2.45) is 0 Å². The van der Waals surface area contributed by atoms with Crippen molar-refractivity contribution < 1.29 is 17.6 Å². The second kappa shape index (κ2) is 8.07. The van der Waals surface area contributed by atoms with Crippen molar-refractivity contribution in [3.63, 3.8) is 0 Å². The van der Waals surface area contributed by atoms with Crippen LogP contribution in [0.2, 0.25) is 0 Å². The highest BCUT2D eigenvalue weighted by Crippen LogP contribution is 2.39. The first-order valence-corrected chi connectivity index (χ1v) is 11.8. The van der Waals surface area contributed by atoms with Crippen LogP contribution < -0.4 is 5.32 Å². The van der Waals surface area contributed by atoms with Gasteiger partial charge in [0.2, 0.25) is 10.0 Å². The minimum atomic E-state index is -3.29. The van der Waals surface area contributed by atoms with E-state index in [9.17, 15) is 17.6 Å². The van der Waals surface area contributed by atoms with Crippen LogP contribution in [0.25, 0.3) is 11.3 Å². The van der Waals surface area contributed by atoms with Crippen molar-refractivity contribution >= 4 is 15.9 Å². The number of carbonyl (C=O) groups is 1. The Morgan fingerprint density at radius 1 is 1.17 bits per heavy atom. The minimum Gasteiger partial charge on any atom is -0.349 e. The SMILES string of the molecule is CC(C)S(=O)(=O)N1[C@@H]2CC[C@H]1CC(NC(=O)c1ccc(-c3cccc(F)c3)nc1)C2. The molecule has 0 saturated carbocycles. The standard InChI is InChI=1S/C22H26FN3O3S/c1-14(2)30(28,29)26-19-7-8-20(26)12-18(11-19)25-22(27)16-6-9-21(24-13-16)15-4-3-5-17(23)10-15/h3-6,9-10,13-14,18-20H,7-8,11-12H2,1-2H3,(H,25,27)/t18?,19-,20+. The molecule has 160 valence electrons. The Kier molecular flexibility index (Phi) is 5.63. The van der Waals surface area contributed by atoms with E-state index in [1.807, 2.05) is 0 Å². The lowest BCUT2D eigenvalue weighted by molar-refractivity contribution is 0.0908. The van der Waals surface area contributed by atoms with Gasteiger partial charge in [-0.15, -0.1) is 0 Å². The molecule has 0 radical (unpaired) electrons. The summed E-state index contributed by atoms with van der Waals surface area (Å²) in [5.41, 5.74) is 1.67. The first-order chi connectivity index (χ1) is 14.3. The molecule has 1 unspecified atom stereocenters. The van der Waals surface area contributed by atoms with E-state index in [1.54, 1.807) is 42.4 Å². The minimum absolute atomic E-state index is 0.0464. The summed E-state index contributed by atoms with van der Waals surface area (Å²) in [6.07, 6.45) is 4.42. The van der Waals surface area contributed by atoms with Crippen LogP contribution in [-0.4, -0.2) is 47.0 Å². The molecule has 2 aliphatic heterocycles. The molecule has 0 aliphatic carbocycles. The van der Waals surface area contributed by atoms with Gasteiger partial charge in [-0.2, -0.15) is 4.31 Å². The van der Waals surface area contributed by atoms with E-state index in [2.05, 4.69) is 10.3 Å². The Balaban J connectivity index is 1.42. The fourth-order valence-corrected chi connectivity index (χ4v) is 6.23. The van der Waals surface area contributed by atoms with Gasteiger partial charge in [0.15, 0.2) is 0 Å². The van der Waals surface area contributed by atoms with E-state index in [0.717, 1.165) is 12.8 Å². The molecular weight excluding hydrogens is 405 g/mol. The third-order valence-electron chi connectivity index (χ3n) is 6.04. The number of sulfonamides is 1. The molecule has 3 heterocycles. The van der Waals surface area contributed by atoms with E-state index < -0.39 is 15.3 Å². The number of benzene rings is 1. The van der Waals surface area contributed by atoms with Crippen LogP contribution in [0.4, 0.5) is 4.39 Å². The Hall–Kier alpha value is -2.32. The van der Waals surface area contributed by atoms with E-state index in [1.165, 1.54) is 18.3 Å². The average molecular weight is 432 g/mol. The molecule has 4 rings (SSSR count). The van der Waals surface area contributed by atoms with Gasteiger partial charge < -0.3 is 5.32 Å². The molecule has 30 heavy (non-hydrogen) atoms. The molecule has 6 nitrogen and oxygen atoms in total. The maximum Gasteiger partial charge on any atom is 0.253 e. The molecule has 3 atom stereocenters. The van der Waals surface area contributed by atoms with Crippen molar-refractivity contribution in [1.82, 2.24) is 14.6 Å². The highest BCUT2D eigenvalue weighted by atomic mass is 32.2. The number of piperidine rings is 1. The summed E-state index contributed by atoms with van der Waals surface area (Å²) in [4.78, 5) is 17.0. The normalized spacial score (nSPS) is 24.2. The molecule has 2 bridgehead atoms. The van der Waals surface area contributed by atoms with Crippen LogP contribution in [0.15, 0.2) is 42.6 Å². The number of aromatic nitrogens is 1. The lowest BCUT2D eigenvalue weighted by atomic mass is 9.99. The van der Waals surface area contributed by atoms with Crippen molar-refractivity contribution in [2.75, 3.05) is 0 Å². The van der Waals surface area contributed by atoms with Gasteiger partial charge in [0.25, 0.3) is 5.91 Å². The topological polar surface area (TPSA) is 79.4 Å². The van der Waals surface area contributed by atoms with Gasteiger partial charge in [-0.1, -0.05) is 12.1 Å². The van der Waals surface area contributed by atoms with Crippen LogP contribution in [0, 0.1) is 5.82 Å². The maximum atomic E-state index is 13.4. The van der Waals surface area contributed by atoms with Crippen molar-refractivity contribution in [3.05, 3.63) is 54.0 Å². The van der Waals surface area contributed by atoms with Crippen LogP contribution >= 0.6 is 0 Å². The maximum absolute atomic E-state index is 13.4. The van der Waals surface area contributed by atoms with Crippen LogP contribution in [0.1, 0.15) is 49.9 Å². The number of halogens is 1. The number of amides is 1. The number of nitrogens with zero attached hydrogens (tertiary/aromatic N) is 2. The van der Waals surface area contributed by atoms with Crippen LogP contribution in [0.3, 0.4) is 0 Å². The lowest BCUT2D eigenvalue weighted by Gasteiger charge is -2.39. The van der Waals surface area contributed by atoms with E-state index in [-0.39, 0.29) is 29.8 Å². The Morgan fingerprint density at radius 3 is 2.43 bits per heavy atom. The number of hydrogen-bond donors (Lipinski definition) is 1. The summed E-state index contributed by atoms with van der Waals surface area (Å²) < 4.78 is 40.4. The van der Waals surface area contributed by atoms with Crippen molar-refractivity contribution in [3.8, 4) is 11.3 Å². The van der Waals surface area contributed by atoms with Gasteiger partial charge in [-0.05, 0) is 63.8 Å². The van der Waals surface area contributed by atoms with Crippen molar-refractivity contribution in [1.29, 1.82) is 0 Å². The zero-order chi connectivity index (χ0) is 21.5. The van der Waals surface area contributed by atoms with Gasteiger partial charge in [0.05, 0.1) is 16.5 Å². The zero-order valence-corrected chi connectivity index (χ0v) is 17.9. The van der Waals surface area contributed by atoms with E-state index >= 15 is 0 Å². The highest BCUT2D eigenvalue weighted by Gasteiger charge is 2.47. The number of pyridine rings is 1. The average Bonchev–Trinajstić information content (AvgIpc) is 3.00. The monoisotopic (exact) mass is 431 g/mol. The summed E-state index contributed by atoms with van der Waals surface area (Å²) in [7, 11) is -3.29. The molecule has 0 spiro atoms. The molecule has 2 aliphatic rings. The van der Waals surface area contributed by atoms with Gasteiger partial charge in [-0.25, -0.2) is 12.8 Å². The number of fused-ring (bicyclic) bond motifs is 2. The quantitative estimate of drug-likeness (QED) is 0.787. The number of nitrogens with one attached hydrogen (secondary N) is 1. The van der Waals surface area contributed by atoms with Gasteiger partial charge in [-0.3, -0.25) is 9.78 Å². The molecule has 1 amide bonds. The molecule has 2 saturated heterocycles. The van der Waals surface area contributed by atoms with Crippen LogP contribution in [-0.2, 0) is 10.0 Å². The first-order valence-electron chi connectivity index (χ1n) is 10.3. The molecule has 1 N–H and O–H groups in total. The third-order valence-corrected chi connectivity index (χ3v) is 8.41. The lowest BCUT2D eigenvalue weighted by Crippen LogP contribution is -2.53. The summed E-state index contributed by atoms with van der Waals surface area (Å²) in [6, 6.07) is 9.38. The zero-order valence-electron chi connectivity index (χ0n) is 17.1. The second-order valence-corrected chi connectivity index (χ2v) is 10.8. The number of hydrogen-bond acceptors (Lipinski definition) is 4. The summed E-state index contributed by atoms with van der Waals surface area (Å²) in [6.45, 7) is 3.42. The Labute approximate surface area is 176 Å². The van der Waals surface area contributed by atoms with Gasteiger partial charge in [0.1, 0.15) is 5.82 Å². The van der Waals surface area contributed by atoms with E-state index in [0.29, 0.717) is 29.7 Å². The second-order valence-electron chi connectivity index (χ2n) is 8.39. The third kappa shape index (κ3) is 3.98. The summed E-state index contributed by atoms with van der Waals surface area (Å²) in [5.74, 6) is -0.561. The van der Waals surface area contributed by atoms with Crippen molar-refractivity contribution in [2.45, 2.75) is 62.9 Å². The molecule has 1 aromatic heterocycles. The number of rotatable bonds is 5. The Bertz CT molecular complexity index is 1030. The molecular formula is C22H26FN3O3S. The first kappa shape index (κ1) is 20.9. The predicted molar refractivity (Wildman–Crippen MR) is 113 cm³/mol. The summed E-state index contributed by atoms with van der Waals surface area (Å²) in [5, 5.41) is 2.61. The fraction of sp³-hybridized carbons (Fsp3) is 0.455. The fourth-order valence-electron chi connectivity index (χ4n) is 4.53. The smallest absolute Gasteiger partial charge is 0.253 e. The highest BCUT2D eigenvalue weighted by molar-refractivity contribution is 7.89.